The normalized spacial score (nSPS) is 12.9. The van der Waals surface area contributed by atoms with Crippen molar-refractivity contribution in [2.75, 3.05) is 0 Å². The van der Waals surface area contributed by atoms with Gasteiger partial charge in [-0.15, -0.1) is 0 Å². The highest BCUT2D eigenvalue weighted by Crippen LogP contribution is 2.21. The zero-order valence-electron chi connectivity index (χ0n) is 10.6. The van der Waals surface area contributed by atoms with Crippen molar-refractivity contribution >= 4 is 12.2 Å². The van der Waals surface area contributed by atoms with Crippen molar-refractivity contribution in [3.05, 3.63) is 35.9 Å². The lowest BCUT2D eigenvalue weighted by Crippen LogP contribution is -2.39. The first kappa shape index (κ1) is 13.4. The summed E-state index contributed by atoms with van der Waals surface area (Å²) in [5, 5.41) is 2.77. The molecule has 1 unspecified atom stereocenters. The molecule has 3 nitrogen and oxygen atoms in total. The van der Waals surface area contributed by atoms with Gasteiger partial charge in [-0.2, -0.15) is 0 Å². The predicted molar refractivity (Wildman–Crippen MR) is 67.5 cm³/mol. The second-order valence-electron chi connectivity index (χ2n) is 4.74. The van der Waals surface area contributed by atoms with E-state index in [9.17, 15) is 9.59 Å². The van der Waals surface area contributed by atoms with Crippen LogP contribution in [0.5, 0.6) is 0 Å². The Labute approximate surface area is 102 Å². The van der Waals surface area contributed by atoms with Gasteiger partial charge in [0, 0.05) is 5.41 Å². The number of hydrogen-bond donors (Lipinski definition) is 1. The lowest BCUT2D eigenvalue weighted by Gasteiger charge is -2.24. The van der Waals surface area contributed by atoms with E-state index in [1.165, 1.54) is 0 Å². The molecule has 0 bridgehead atoms. The van der Waals surface area contributed by atoms with Crippen LogP contribution in [0.15, 0.2) is 30.3 Å². The Kier molecular flexibility index (Phi) is 4.44. The third-order valence-corrected chi connectivity index (χ3v) is 3.08. The van der Waals surface area contributed by atoms with E-state index in [1.54, 1.807) is 0 Å². The zero-order chi connectivity index (χ0) is 12.9. The van der Waals surface area contributed by atoms with Gasteiger partial charge in [0.25, 0.3) is 0 Å². The summed E-state index contributed by atoms with van der Waals surface area (Å²) in [6.07, 6.45) is 1.50. The third-order valence-electron chi connectivity index (χ3n) is 3.08. The van der Waals surface area contributed by atoms with Crippen molar-refractivity contribution < 1.29 is 9.59 Å². The van der Waals surface area contributed by atoms with E-state index in [0.717, 1.165) is 18.3 Å². The highest BCUT2D eigenvalue weighted by Gasteiger charge is 2.27. The minimum Gasteiger partial charge on any atom is -0.342 e. The fourth-order valence-electron chi connectivity index (χ4n) is 1.35. The molecule has 0 aliphatic heterocycles. The molecule has 1 N–H and O–H groups in total. The quantitative estimate of drug-likeness (QED) is 0.794. The summed E-state index contributed by atoms with van der Waals surface area (Å²) >= 11 is 0. The minimum absolute atomic E-state index is 0.0963. The molecule has 1 atom stereocenters. The Morgan fingerprint density at radius 3 is 2.41 bits per heavy atom. The van der Waals surface area contributed by atoms with E-state index in [1.807, 2.05) is 51.1 Å². The second-order valence-corrected chi connectivity index (χ2v) is 4.74. The minimum atomic E-state index is -0.561. The molecule has 0 aliphatic rings. The highest BCUT2D eigenvalue weighted by atomic mass is 16.2. The average molecular weight is 233 g/mol. The fraction of sp³-hybridized carbons (Fsp3) is 0.429. The monoisotopic (exact) mass is 233 g/mol. The molecule has 92 valence electrons. The summed E-state index contributed by atoms with van der Waals surface area (Å²) in [4.78, 5) is 23.0. The summed E-state index contributed by atoms with van der Waals surface area (Å²) in [7, 11) is 0. The first-order valence-corrected chi connectivity index (χ1v) is 5.82. The van der Waals surface area contributed by atoms with E-state index >= 15 is 0 Å². The maximum Gasteiger partial charge on any atom is 0.226 e. The van der Waals surface area contributed by atoms with E-state index in [0.29, 0.717) is 0 Å². The van der Waals surface area contributed by atoms with Crippen molar-refractivity contribution in [2.24, 2.45) is 5.41 Å². The van der Waals surface area contributed by atoms with Crippen LogP contribution in [0.2, 0.25) is 0 Å². The fourth-order valence-corrected chi connectivity index (χ4v) is 1.35. The number of carbonyl (C=O) groups is 2. The molecular formula is C14H19NO2. The van der Waals surface area contributed by atoms with Crippen LogP contribution in [0.25, 0.3) is 0 Å². The van der Waals surface area contributed by atoms with Crippen LogP contribution in [0.1, 0.15) is 38.8 Å². The largest absolute Gasteiger partial charge is 0.342 e. The summed E-state index contributed by atoms with van der Waals surface area (Å²) in [6.45, 7) is 5.70. The molecule has 17 heavy (non-hydrogen) atoms. The smallest absolute Gasteiger partial charge is 0.226 e. The van der Waals surface area contributed by atoms with Crippen LogP contribution in [0, 0.1) is 5.41 Å². The van der Waals surface area contributed by atoms with Gasteiger partial charge in [0.15, 0.2) is 0 Å². The number of nitrogens with one attached hydrogen (secondary N) is 1. The molecule has 0 spiro atoms. The third kappa shape index (κ3) is 3.41. The molecule has 0 aromatic heterocycles. The lowest BCUT2D eigenvalue weighted by molar-refractivity contribution is -0.131. The van der Waals surface area contributed by atoms with Crippen LogP contribution in [0.3, 0.4) is 0 Å². The van der Waals surface area contributed by atoms with Crippen molar-refractivity contribution in [1.82, 2.24) is 5.32 Å². The topological polar surface area (TPSA) is 46.2 Å². The Morgan fingerprint density at radius 2 is 1.94 bits per heavy atom. The molecule has 0 radical (unpaired) electrons. The van der Waals surface area contributed by atoms with Gasteiger partial charge >= 0.3 is 0 Å². The molecule has 0 saturated heterocycles. The average Bonchev–Trinajstić information content (AvgIpc) is 2.36. The van der Waals surface area contributed by atoms with Crippen molar-refractivity contribution in [2.45, 2.75) is 33.2 Å². The first-order chi connectivity index (χ1) is 8.01. The Bertz CT molecular complexity index is 384. The molecule has 3 heteroatoms. The van der Waals surface area contributed by atoms with E-state index in [-0.39, 0.29) is 5.91 Å². The van der Waals surface area contributed by atoms with E-state index < -0.39 is 11.5 Å². The standard InChI is InChI=1S/C14H19NO2/c1-4-14(2,3)13(17)15-12(10-16)11-8-6-5-7-9-11/h5-10,12H,4H2,1-3H3,(H,15,17). The number of amides is 1. The van der Waals surface area contributed by atoms with Crippen LogP contribution in [0.4, 0.5) is 0 Å². The van der Waals surface area contributed by atoms with Gasteiger partial charge < -0.3 is 10.1 Å². The second kappa shape index (κ2) is 5.62. The molecule has 0 aliphatic carbocycles. The molecule has 1 amide bonds. The number of carbonyl (C=O) groups excluding carboxylic acids is 2. The molecule has 0 saturated carbocycles. The summed E-state index contributed by atoms with van der Waals surface area (Å²) in [5.74, 6) is -0.0963. The van der Waals surface area contributed by atoms with Crippen LogP contribution in [-0.4, -0.2) is 12.2 Å². The number of rotatable bonds is 5. The van der Waals surface area contributed by atoms with Crippen LogP contribution < -0.4 is 5.32 Å². The molecule has 0 fully saturated rings. The van der Waals surface area contributed by atoms with Crippen LogP contribution >= 0.6 is 0 Å². The zero-order valence-corrected chi connectivity index (χ0v) is 10.6. The number of hydrogen-bond acceptors (Lipinski definition) is 2. The molecular weight excluding hydrogens is 214 g/mol. The van der Waals surface area contributed by atoms with Gasteiger partial charge in [-0.25, -0.2) is 0 Å². The Balaban J connectivity index is 2.79. The van der Waals surface area contributed by atoms with Gasteiger partial charge in [0.05, 0.1) is 0 Å². The Morgan fingerprint density at radius 1 is 1.35 bits per heavy atom. The maximum atomic E-state index is 12.0. The van der Waals surface area contributed by atoms with E-state index in [2.05, 4.69) is 5.32 Å². The molecule has 1 rings (SSSR count). The maximum absolute atomic E-state index is 12.0. The van der Waals surface area contributed by atoms with Gasteiger partial charge in [-0.3, -0.25) is 4.79 Å². The number of benzene rings is 1. The van der Waals surface area contributed by atoms with Gasteiger partial charge in [-0.1, -0.05) is 51.1 Å². The molecule has 0 heterocycles. The van der Waals surface area contributed by atoms with Gasteiger partial charge in [0.1, 0.15) is 12.3 Å². The first-order valence-electron chi connectivity index (χ1n) is 5.82. The van der Waals surface area contributed by atoms with Crippen molar-refractivity contribution in [3.8, 4) is 0 Å². The predicted octanol–water partition coefficient (Wildman–Crippen LogP) is 2.48. The number of aldehydes is 1. The van der Waals surface area contributed by atoms with Crippen molar-refractivity contribution in [3.63, 3.8) is 0 Å². The molecule has 1 aromatic carbocycles. The summed E-state index contributed by atoms with van der Waals surface area (Å²) < 4.78 is 0. The summed E-state index contributed by atoms with van der Waals surface area (Å²) in [5.41, 5.74) is 0.360. The van der Waals surface area contributed by atoms with Crippen LogP contribution in [-0.2, 0) is 9.59 Å². The highest BCUT2D eigenvalue weighted by molar-refractivity contribution is 5.84. The lowest BCUT2D eigenvalue weighted by atomic mass is 9.88. The van der Waals surface area contributed by atoms with Gasteiger partial charge in [0.2, 0.25) is 5.91 Å². The molecule has 1 aromatic rings. The summed E-state index contributed by atoms with van der Waals surface area (Å²) in [6, 6.07) is 8.68. The Hall–Kier alpha value is -1.64. The van der Waals surface area contributed by atoms with Gasteiger partial charge in [-0.05, 0) is 12.0 Å². The van der Waals surface area contributed by atoms with E-state index in [4.69, 9.17) is 0 Å². The van der Waals surface area contributed by atoms with Crippen molar-refractivity contribution in [1.29, 1.82) is 0 Å². The SMILES string of the molecule is CCC(C)(C)C(=O)NC(C=O)c1ccccc1.